The number of fused-ring (bicyclic) bond motifs is 1. The van der Waals surface area contributed by atoms with Gasteiger partial charge in [0.05, 0.1) is 5.41 Å². The Kier molecular flexibility index (Phi) is 7.34. The summed E-state index contributed by atoms with van der Waals surface area (Å²) in [6.45, 7) is 10.9. The van der Waals surface area contributed by atoms with Crippen molar-refractivity contribution in [2.75, 3.05) is 4.90 Å². The van der Waals surface area contributed by atoms with Crippen LogP contribution in [0.25, 0.3) is 0 Å². The second kappa shape index (κ2) is 11.0. The zero-order valence-corrected chi connectivity index (χ0v) is 26.0. The summed E-state index contributed by atoms with van der Waals surface area (Å²) in [5.41, 5.74) is 8.24. The van der Waals surface area contributed by atoms with E-state index in [1.807, 2.05) is 6.92 Å². The van der Waals surface area contributed by atoms with Gasteiger partial charge in [0, 0.05) is 23.1 Å². The molecule has 216 valence electrons. The minimum Gasteiger partial charge on any atom is -0.307 e. The maximum atomic E-state index is 13.8. The van der Waals surface area contributed by atoms with Crippen molar-refractivity contribution in [3.63, 3.8) is 0 Å². The van der Waals surface area contributed by atoms with Gasteiger partial charge in [0.1, 0.15) is 0 Å². The van der Waals surface area contributed by atoms with Gasteiger partial charge in [-0.25, -0.2) is 0 Å². The first-order chi connectivity index (χ1) is 20.7. The summed E-state index contributed by atoms with van der Waals surface area (Å²) in [4.78, 5) is 15.9. The van der Waals surface area contributed by atoms with Crippen molar-refractivity contribution in [1.82, 2.24) is 0 Å². The monoisotopic (exact) mass is 563 g/mol. The average molecular weight is 564 g/mol. The maximum Gasteiger partial charge on any atom is 0.227 e. The zero-order chi connectivity index (χ0) is 30.2. The standard InChI is InChI=1S/C41H41NO/c1-6-38(43)42-37-28-35(26-27-36(37)40(5,29-39(42,3)4)31-24-22-30(2)23-25-31)41(32-16-10-7-11-17-32,33-18-12-8-13-19-33)34-20-14-9-15-21-34/h7-28H,6,29H2,1-5H3/t40-/m1/s1. The van der Waals surface area contributed by atoms with Crippen LogP contribution in [0.5, 0.6) is 0 Å². The van der Waals surface area contributed by atoms with E-state index >= 15 is 0 Å². The molecular formula is C41H41NO. The molecule has 0 bridgehead atoms. The molecule has 5 aromatic carbocycles. The fourth-order valence-electron chi connectivity index (χ4n) is 7.66. The molecule has 5 aromatic rings. The van der Waals surface area contributed by atoms with E-state index in [-0.39, 0.29) is 16.9 Å². The van der Waals surface area contributed by atoms with E-state index in [1.54, 1.807) is 0 Å². The Morgan fingerprint density at radius 1 is 0.674 bits per heavy atom. The quantitative estimate of drug-likeness (QED) is 0.188. The third-order valence-electron chi connectivity index (χ3n) is 9.52. The van der Waals surface area contributed by atoms with Crippen molar-refractivity contribution >= 4 is 11.6 Å². The minimum atomic E-state index is -0.582. The molecule has 0 spiro atoms. The molecule has 1 amide bonds. The molecule has 0 unspecified atom stereocenters. The van der Waals surface area contributed by atoms with Crippen LogP contribution in [0.15, 0.2) is 133 Å². The first kappa shape index (κ1) is 28.7. The lowest BCUT2D eigenvalue weighted by Crippen LogP contribution is -2.55. The Morgan fingerprint density at radius 3 is 1.63 bits per heavy atom. The van der Waals surface area contributed by atoms with Crippen LogP contribution in [0, 0.1) is 6.92 Å². The molecule has 0 saturated heterocycles. The summed E-state index contributed by atoms with van der Waals surface area (Å²) < 4.78 is 0. The summed E-state index contributed by atoms with van der Waals surface area (Å²) in [6, 6.07) is 48.2. The van der Waals surface area contributed by atoms with Crippen LogP contribution >= 0.6 is 0 Å². The van der Waals surface area contributed by atoms with Crippen molar-refractivity contribution in [1.29, 1.82) is 0 Å². The van der Waals surface area contributed by atoms with Crippen LogP contribution < -0.4 is 4.90 Å². The first-order valence-electron chi connectivity index (χ1n) is 15.4. The number of rotatable bonds is 6. The van der Waals surface area contributed by atoms with Gasteiger partial charge in [-0.05, 0) is 66.6 Å². The summed E-state index contributed by atoms with van der Waals surface area (Å²) >= 11 is 0. The van der Waals surface area contributed by atoms with Gasteiger partial charge in [0.25, 0.3) is 0 Å². The highest BCUT2D eigenvalue weighted by molar-refractivity contribution is 5.97. The third-order valence-corrected chi connectivity index (χ3v) is 9.52. The molecule has 6 rings (SSSR count). The molecule has 2 heteroatoms. The van der Waals surface area contributed by atoms with Gasteiger partial charge in [0.2, 0.25) is 5.91 Å². The Balaban J connectivity index is 1.71. The normalized spacial score (nSPS) is 17.7. The van der Waals surface area contributed by atoms with Crippen molar-refractivity contribution in [2.45, 2.75) is 63.8 Å². The van der Waals surface area contributed by atoms with Gasteiger partial charge < -0.3 is 4.90 Å². The molecule has 0 aliphatic carbocycles. The highest BCUT2D eigenvalue weighted by Gasteiger charge is 2.48. The second-order valence-electron chi connectivity index (χ2n) is 12.9. The Hall–Kier alpha value is -4.43. The maximum absolute atomic E-state index is 13.8. The fourth-order valence-corrected chi connectivity index (χ4v) is 7.66. The molecule has 1 aliphatic heterocycles. The van der Waals surface area contributed by atoms with Crippen LogP contribution in [0.3, 0.4) is 0 Å². The number of anilines is 1. The van der Waals surface area contributed by atoms with E-state index < -0.39 is 5.41 Å². The van der Waals surface area contributed by atoms with Crippen molar-refractivity contribution in [3.8, 4) is 0 Å². The lowest BCUT2D eigenvalue weighted by atomic mass is 9.62. The predicted molar refractivity (Wildman–Crippen MR) is 179 cm³/mol. The summed E-state index contributed by atoms with van der Waals surface area (Å²) in [5, 5.41) is 0. The topological polar surface area (TPSA) is 20.3 Å². The van der Waals surface area contributed by atoms with E-state index in [2.05, 4.69) is 166 Å². The number of aryl methyl sites for hydroxylation is 1. The molecule has 0 fully saturated rings. The summed E-state index contributed by atoms with van der Waals surface area (Å²) in [6.07, 6.45) is 1.29. The number of nitrogens with zero attached hydrogens (tertiary/aromatic N) is 1. The predicted octanol–water partition coefficient (Wildman–Crippen LogP) is 9.61. The fraction of sp³-hybridized carbons (Fsp3) is 0.244. The molecule has 0 aromatic heterocycles. The van der Waals surface area contributed by atoms with Gasteiger partial charge in [-0.1, -0.05) is 147 Å². The molecule has 1 atom stereocenters. The van der Waals surface area contributed by atoms with E-state index in [4.69, 9.17) is 0 Å². The average Bonchev–Trinajstić information content (AvgIpc) is 3.02. The van der Waals surface area contributed by atoms with Gasteiger partial charge in [-0.3, -0.25) is 4.79 Å². The Labute approximate surface area is 257 Å². The molecule has 0 radical (unpaired) electrons. The third kappa shape index (κ3) is 4.70. The van der Waals surface area contributed by atoms with E-state index in [0.717, 1.165) is 17.7 Å². The SMILES string of the molecule is CCC(=O)N1c2cc(C(c3ccccc3)(c3ccccc3)c3ccccc3)ccc2[C@@](C)(c2ccc(C)cc2)CC1(C)C. The molecule has 2 nitrogen and oxygen atoms in total. The molecule has 43 heavy (non-hydrogen) atoms. The number of carbonyl (C=O) groups excluding carboxylic acids is 1. The van der Waals surface area contributed by atoms with Crippen molar-refractivity contribution in [2.24, 2.45) is 0 Å². The molecule has 0 saturated carbocycles. The largest absolute Gasteiger partial charge is 0.307 e. The molecule has 1 heterocycles. The van der Waals surface area contributed by atoms with Gasteiger partial charge >= 0.3 is 0 Å². The van der Waals surface area contributed by atoms with Crippen LogP contribution in [-0.4, -0.2) is 11.4 Å². The van der Waals surface area contributed by atoms with Crippen LogP contribution in [0.1, 0.15) is 79.5 Å². The highest BCUT2D eigenvalue weighted by atomic mass is 16.2. The summed E-state index contributed by atoms with van der Waals surface area (Å²) in [7, 11) is 0. The minimum absolute atomic E-state index is 0.152. The van der Waals surface area contributed by atoms with Gasteiger partial charge in [-0.2, -0.15) is 0 Å². The number of hydrogen-bond donors (Lipinski definition) is 0. The number of hydrogen-bond acceptors (Lipinski definition) is 1. The van der Waals surface area contributed by atoms with Crippen LogP contribution in [-0.2, 0) is 15.6 Å². The number of amides is 1. The zero-order valence-electron chi connectivity index (χ0n) is 26.0. The second-order valence-corrected chi connectivity index (χ2v) is 12.9. The Bertz CT molecular complexity index is 1630. The smallest absolute Gasteiger partial charge is 0.227 e. The van der Waals surface area contributed by atoms with Gasteiger partial charge in [0.15, 0.2) is 0 Å². The van der Waals surface area contributed by atoms with E-state index in [1.165, 1.54) is 33.4 Å². The number of carbonyl (C=O) groups is 1. The molecule has 1 aliphatic rings. The molecule has 0 N–H and O–H groups in total. The van der Waals surface area contributed by atoms with E-state index in [9.17, 15) is 4.79 Å². The lowest BCUT2D eigenvalue weighted by Gasteiger charge is -2.52. The molecular weight excluding hydrogens is 522 g/mol. The summed E-state index contributed by atoms with van der Waals surface area (Å²) in [5.74, 6) is 0.152. The lowest BCUT2D eigenvalue weighted by molar-refractivity contribution is -0.119. The van der Waals surface area contributed by atoms with Crippen LogP contribution in [0.2, 0.25) is 0 Å². The Morgan fingerprint density at radius 2 is 1.16 bits per heavy atom. The first-order valence-corrected chi connectivity index (χ1v) is 15.4. The van der Waals surface area contributed by atoms with Gasteiger partial charge in [-0.15, -0.1) is 0 Å². The van der Waals surface area contributed by atoms with Crippen molar-refractivity contribution < 1.29 is 4.79 Å². The number of benzene rings is 5. The van der Waals surface area contributed by atoms with E-state index in [0.29, 0.717) is 6.42 Å². The van der Waals surface area contributed by atoms with Crippen LogP contribution in [0.4, 0.5) is 5.69 Å². The van der Waals surface area contributed by atoms with Crippen molar-refractivity contribution in [3.05, 3.63) is 172 Å². The highest BCUT2D eigenvalue weighted by Crippen LogP contribution is 2.53.